The Labute approximate surface area is 193 Å². The van der Waals surface area contributed by atoms with Crippen molar-refractivity contribution in [1.29, 1.82) is 0 Å². The van der Waals surface area contributed by atoms with Crippen LogP contribution in [0.4, 0.5) is 13.9 Å². The van der Waals surface area contributed by atoms with Crippen LogP contribution in [0.25, 0.3) is 16.3 Å². The van der Waals surface area contributed by atoms with Gasteiger partial charge in [-0.15, -0.1) is 0 Å². The zero-order valence-corrected chi connectivity index (χ0v) is 18.7. The molecule has 4 aromatic rings. The molecule has 0 aliphatic carbocycles. The van der Waals surface area contributed by atoms with Gasteiger partial charge in [0.1, 0.15) is 11.3 Å². The van der Waals surface area contributed by atoms with E-state index in [1.807, 2.05) is 30.3 Å². The molecule has 0 bridgehead atoms. The maximum Gasteiger partial charge on any atom is 0.253 e. The fourth-order valence-electron chi connectivity index (χ4n) is 3.28. The van der Waals surface area contributed by atoms with Gasteiger partial charge in [0, 0.05) is 12.1 Å². The minimum atomic E-state index is -0.763. The Morgan fingerprint density at radius 3 is 2.52 bits per heavy atom. The molecule has 0 unspecified atom stereocenters. The molecule has 4 rings (SSSR count). The number of hydrogen-bond donors (Lipinski definition) is 0. The minimum absolute atomic E-state index is 0.0335. The summed E-state index contributed by atoms with van der Waals surface area (Å²) in [4.78, 5) is 18.9. The van der Waals surface area contributed by atoms with Crippen molar-refractivity contribution in [2.24, 2.45) is 0 Å². The number of nitrogens with zero attached hydrogens (tertiary/aromatic N) is 2. The summed E-state index contributed by atoms with van der Waals surface area (Å²) in [5, 5.41) is 0.278. The Balaban J connectivity index is 1.68. The largest absolute Gasteiger partial charge is 0.493 e. The highest BCUT2D eigenvalue weighted by molar-refractivity contribution is 7.22. The van der Waals surface area contributed by atoms with Crippen molar-refractivity contribution in [3.63, 3.8) is 0 Å². The van der Waals surface area contributed by atoms with Gasteiger partial charge in [-0.2, -0.15) is 0 Å². The maximum absolute atomic E-state index is 14.2. The third-order valence-corrected chi connectivity index (χ3v) is 5.93. The number of thiazole rings is 1. The highest BCUT2D eigenvalue weighted by Crippen LogP contribution is 2.32. The summed E-state index contributed by atoms with van der Waals surface area (Å²) in [7, 11) is 3.08. The normalized spacial score (nSPS) is 11.2. The first-order valence-electron chi connectivity index (χ1n) is 9.99. The van der Waals surface area contributed by atoms with Gasteiger partial charge in [0.05, 0.1) is 25.5 Å². The van der Waals surface area contributed by atoms with Gasteiger partial charge in [0.15, 0.2) is 22.4 Å². The van der Waals surface area contributed by atoms with E-state index in [0.29, 0.717) is 16.2 Å². The third kappa shape index (κ3) is 5.01. The Hall–Kier alpha value is -3.78. The topological polar surface area (TPSA) is 51.7 Å². The highest BCUT2D eigenvalue weighted by Gasteiger charge is 2.20. The van der Waals surface area contributed by atoms with Gasteiger partial charge in [0.2, 0.25) is 0 Å². The number of halogens is 2. The molecule has 0 atom stereocenters. The molecule has 0 aliphatic heterocycles. The third-order valence-electron chi connectivity index (χ3n) is 4.91. The first-order valence-corrected chi connectivity index (χ1v) is 10.8. The molecule has 3 aromatic carbocycles. The van der Waals surface area contributed by atoms with Gasteiger partial charge < -0.3 is 9.47 Å². The number of anilines is 1. The van der Waals surface area contributed by atoms with Crippen molar-refractivity contribution in [3.8, 4) is 11.5 Å². The zero-order valence-electron chi connectivity index (χ0n) is 17.9. The summed E-state index contributed by atoms with van der Waals surface area (Å²) in [6.07, 6.45) is 3.06. The number of aromatic nitrogens is 1. The molecule has 1 aromatic heterocycles. The number of carbonyl (C=O) groups is 1. The van der Waals surface area contributed by atoms with Crippen molar-refractivity contribution in [3.05, 3.63) is 89.5 Å². The Kier molecular flexibility index (Phi) is 6.65. The molecule has 0 spiro atoms. The van der Waals surface area contributed by atoms with Crippen LogP contribution in [0.1, 0.15) is 11.1 Å². The molecule has 1 heterocycles. The number of fused-ring (bicyclic) bond motifs is 1. The standard InChI is InChI=1S/C25H20F2N2O3S/c1-31-20-10-8-16(12-21(20)32-2)9-11-23(30)29(15-17-6-4-3-5-7-17)25-28-24-19(27)13-18(26)14-22(24)33-25/h3-14H,15H2,1-2H3/b11-9+. The summed E-state index contributed by atoms with van der Waals surface area (Å²) in [5.74, 6) is -0.689. The van der Waals surface area contributed by atoms with Crippen LogP contribution in [0, 0.1) is 11.6 Å². The second-order valence-corrected chi connectivity index (χ2v) is 8.10. The van der Waals surface area contributed by atoms with E-state index in [0.717, 1.165) is 28.5 Å². The number of methoxy groups -OCH3 is 2. The second kappa shape index (κ2) is 9.79. The van der Waals surface area contributed by atoms with Crippen LogP contribution < -0.4 is 14.4 Å². The predicted octanol–water partition coefficient (Wildman–Crippen LogP) is 5.84. The molecule has 0 aliphatic rings. The molecular weight excluding hydrogens is 446 g/mol. The molecule has 0 fully saturated rings. The van der Waals surface area contributed by atoms with Crippen LogP contribution in [0.5, 0.6) is 11.5 Å². The summed E-state index contributed by atoms with van der Waals surface area (Å²) in [6.45, 7) is 0.222. The lowest BCUT2D eigenvalue weighted by Crippen LogP contribution is -2.28. The molecule has 0 saturated heterocycles. The predicted molar refractivity (Wildman–Crippen MR) is 126 cm³/mol. The van der Waals surface area contributed by atoms with Crippen molar-refractivity contribution in [1.82, 2.24) is 4.98 Å². The van der Waals surface area contributed by atoms with E-state index in [9.17, 15) is 13.6 Å². The zero-order chi connectivity index (χ0) is 23.4. The van der Waals surface area contributed by atoms with E-state index >= 15 is 0 Å². The van der Waals surface area contributed by atoms with Gasteiger partial charge in [-0.25, -0.2) is 13.8 Å². The Morgan fingerprint density at radius 1 is 1.03 bits per heavy atom. The lowest BCUT2D eigenvalue weighted by atomic mass is 10.1. The van der Waals surface area contributed by atoms with Gasteiger partial charge >= 0.3 is 0 Å². The van der Waals surface area contributed by atoms with Crippen LogP contribution in [0.3, 0.4) is 0 Å². The van der Waals surface area contributed by atoms with Crippen LogP contribution in [0.2, 0.25) is 0 Å². The van der Waals surface area contributed by atoms with Gasteiger partial charge in [-0.3, -0.25) is 9.69 Å². The summed E-state index contributed by atoms with van der Waals surface area (Å²) in [6, 6.07) is 16.7. The molecule has 0 saturated carbocycles. The average molecular weight is 467 g/mol. The van der Waals surface area contributed by atoms with E-state index in [1.165, 1.54) is 24.2 Å². The quantitative estimate of drug-likeness (QED) is 0.321. The first-order chi connectivity index (χ1) is 16.0. The molecule has 0 N–H and O–H groups in total. The Bertz CT molecular complexity index is 1320. The summed E-state index contributed by atoms with van der Waals surface area (Å²) >= 11 is 1.06. The summed E-state index contributed by atoms with van der Waals surface area (Å²) in [5.41, 5.74) is 1.64. The van der Waals surface area contributed by atoms with Gasteiger partial charge in [-0.1, -0.05) is 47.7 Å². The minimum Gasteiger partial charge on any atom is -0.493 e. The van der Waals surface area contributed by atoms with Crippen molar-refractivity contribution in [2.45, 2.75) is 6.54 Å². The Morgan fingerprint density at radius 2 is 1.79 bits per heavy atom. The maximum atomic E-state index is 14.2. The van der Waals surface area contributed by atoms with Crippen LogP contribution >= 0.6 is 11.3 Å². The number of amides is 1. The van der Waals surface area contributed by atoms with Crippen LogP contribution in [-0.4, -0.2) is 25.1 Å². The number of rotatable bonds is 7. The lowest BCUT2D eigenvalue weighted by molar-refractivity contribution is -0.114. The average Bonchev–Trinajstić information content (AvgIpc) is 3.25. The van der Waals surface area contributed by atoms with Crippen molar-refractivity contribution in [2.75, 3.05) is 19.1 Å². The van der Waals surface area contributed by atoms with E-state index in [2.05, 4.69) is 4.98 Å². The molecule has 5 nitrogen and oxygen atoms in total. The van der Waals surface area contributed by atoms with Crippen LogP contribution in [-0.2, 0) is 11.3 Å². The van der Waals surface area contributed by atoms with Gasteiger partial charge in [-0.05, 0) is 35.4 Å². The molecule has 33 heavy (non-hydrogen) atoms. The highest BCUT2D eigenvalue weighted by atomic mass is 32.1. The number of ether oxygens (including phenoxy) is 2. The first kappa shape index (κ1) is 22.4. The lowest BCUT2D eigenvalue weighted by Gasteiger charge is -2.18. The molecular formula is C25H20F2N2O3S. The fraction of sp³-hybridized carbons (Fsp3) is 0.120. The van der Waals surface area contributed by atoms with Gasteiger partial charge in [0.25, 0.3) is 5.91 Å². The molecule has 168 valence electrons. The molecule has 8 heteroatoms. The van der Waals surface area contributed by atoms with E-state index < -0.39 is 11.6 Å². The van der Waals surface area contributed by atoms with Crippen molar-refractivity contribution < 1.29 is 23.0 Å². The van der Waals surface area contributed by atoms with E-state index in [1.54, 1.807) is 31.4 Å². The molecule has 0 radical (unpaired) electrons. The van der Waals surface area contributed by atoms with Crippen LogP contribution in [0.15, 0.2) is 66.7 Å². The second-order valence-electron chi connectivity index (χ2n) is 7.09. The summed E-state index contributed by atoms with van der Waals surface area (Å²) < 4.78 is 38.8. The number of hydrogen-bond acceptors (Lipinski definition) is 5. The molecule has 1 amide bonds. The number of benzene rings is 3. The van der Waals surface area contributed by atoms with E-state index in [-0.39, 0.29) is 23.1 Å². The monoisotopic (exact) mass is 466 g/mol. The smallest absolute Gasteiger partial charge is 0.253 e. The van der Waals surface area contributed by atoms with Crippen molar-refractivity contribution >= 4 is 38.7 Å². The SMILES string of the molecule is COc1ccc(/C=C/C(=O)N(Cc2ccccc2)c2nc3c(F)cc(F)cc3s2)cc1OC. The fourth-order valence-corrected chi connectivity index (χ4v) is 4.29. The number of carbonyl (C=O) groups excluding carboxylic acids is 1. The van der Waals surface area contributed by atoms with E-state index in [4.69, 9.17) is 9.47 Å².